The van der Waals surface area contributed by atoms with Gasteiger partial charge in [-0.15, -0.1) is 0 Å². The molecule has 4 nitrogen and oxygen atoms in total. The number of aromatic hydroxyl groups is 1. The molecule has 0 amide bonds. The van der Waals surface area contributed by atoms with Gasteiger partial charge in [-0.05, 0) is 29.8 Å². The zero-order chi connectivity index (χ0) is 14.8. The Kier molecular flexibility index (Phi) is 3.60. The average Bonchev–Trinajstić information content (AvgIpc) is 2.35. The lowest BCUT2D eigenvalue weighted by Gasteiger charge is -2.05. The number of nitrogens with zero attached hydrogens (tertiary/aromatic N) is 1. The van der Waals surface area contributed by atoms with Crippen molar-refractivity contribution >= 4 is 12.2 Å². The maximum absolute atomic E-state index is 12.5. The van der Waals surface area contributed by atoms with Crippen molar-refractivity contribution < 1.29 is 18.3 Å². The fraction of sp³-hybridized carbons (Fsp3) is 0.0769. The molecule has 0 atom stereocenters. The molecule has 0 aliphatic carbocycles. The lowest BCUT2D eigenvalue weighted by molar-refractivity contribution is -0.141. The van der Waals surface area contributed by atoms with Crippen LogP contribution >= 0.6 is 0 Å². The second-order valence-corrected chi connectivity index (χ2v) is 3.95. The second kappa shape index (κ2) is 5.20. The number of hydrogen-bond acceptors (Lipinski definition) is 3. The van der Waals surface area contributed by atoms with Crippen molar-refractivity contribution in [2.24, 2.45) is 0 Å². The molecule has 0 saturated heterocycles. The Balaban J connectivity index is 2.34. The normalized spacial score (nSPS) is 11.9. The van der Waals surface area contributed by atoms with Crippen molar-refractivity contribution in [2.45, 2.75) is 6.18 Å². The maximum atomic E-state index is 12.5. The Labute approximate surface area is 111 Å². The first kappa shape index (κ1) is 13.9. The number of phenols is 1. The summed E-state index contributed by atoms with van der Waals surface area (Å²) in [4.78, 5) is 16.1. The van der Waals surface area contributed by atoms with E-state index in [1.54, 1.807) is 17.1 Å². The molecule has 20 heavy (non-hydrogen) atoms. The minimum atomic E-state index is -4.64. The first-order chi connectivity index (χ1) is 9.34. The van der Waals surface area contributed by atoms with Crippen LogP contribution in [-0.2, 0) is 6.18 Å². The summed E-state index contributed by atoms with van der Waals surface area (Å²) in [7, 11) is 0. The van der Waals surface area contributed by atoms with Crippen molar-refractivity contribution in [1.29, 1.82) is 0 Å². The number of benzene rings is 1. The Morgan fingerprint density at radius 1 is 1.20 bits per heavy atom. The summed E-state index contributed by atoms with van der Waals surface area (Å²) >= 11 is 0. The highest BCUT2D eigenvalue weighted by Gasteiger charge is 2.32. The second-order valence-electron chi connectivity index (χ2n) is 3.95. The number of phenolic OH excluding ortho intramolecular Hbond substituents is 1. The predicted octanol–water partition coefficient (Wildman–Crippen LogP) is 2.66. The SMILES string of the molecule is O=c1nc(/C=C\c2cccc(O)c2)cc(C(F)(F)F)[nH]1. The number of hydrogen-bond donors (Lipinski definition) is 2. The van der Waals surface area contributed by atoms with Gasteiger partial charge in [0.1, 0.15) is 11.4 Å². The lowest BCUT2D eigenvalue weighted by Crippen LogP contribution is -2.19. The number of alkyl halides is 3. The molecule has 0 radical (unpaired) electrons. The van der Waals surface area contributed by atoms with E-state index in [1.165, 1.54) is 24.3 Å². The quantitative estimate of drug-likeness (QED) is 0.890. The molecular weight excluding hydrogens is 273 g/mol. The van der Waals surface area contributed by atoms with E-state index in [0.29, 0.717) is 5.56 Å². The molecule has 0 unspecified atom stereocenters. The molecule has 0 bridgehead atoms. The monoisotopic (exact) mass is 282 g/mol. The Hall–Kier alpha value is -2.57. The fourth-order valence-electron chi connectivity index (χ4n) is 1.52. The van der Waals surface area contributed by atoms with Crippen molar-refractivity contribution in [3.8, 4) is 5.75 Å². The van der Waals surface area contributed by atoms with Crippen LogP contribution in [0.1, 0.15) is 17.0 Å². The van der Waals surface area contributed by atoms with E-state index in [4.69, 9.17) is 0 Å². The van der Waals surface area contributed by atoms with Gasteiger partial charge in [-0.25, -0.2) is 4.79 Å². The summed E-state index contributed by atoms with van der Waals surface area (Å²) in [6.45, 7) is 0. The highest BCUT2D eigenvalue weighted by molar-refractivity contribution is 5.68. The topological polar surface area (TPSA) is 66.0 Å². The van der Waals surface area contributed by atoms with Crippen LogP contribution in [0, 0.1) is 0 Å². The standard InChI is InChI=1S/C13H9F3N2O2/c14-13(15,16)11-7-9(17-12(20)18-11)5-4-8-2-1-3-10(19)6-8/h1-7,19H,(H,17,18,20)/b5-4-. The zero-order valence-electron chi connectivity index (χ0n) is 9.98. The van der Waals surface area contributed by atoms with E-state index < -0.39 is 17.6 Å². The average molecular weight is 282 g/mol. The van der Waals surface area contributed by atoms with Gasteiger partial charge in [0.05, 0.1) is 5.69 Å². The molecule has 2 aromatic rings. The van der Waals surface area contributed by atoms with Gasteiger partial charge in [-0.3, -0.25) is 0 Å². The number of aromatic amines is 1. The van der Waals surface area contributed by atoms with Crippen LogP contribution in [0.2, 0.25) is 0 Å². The molecule has 0 aliphatic heterocycles. The van der Waals surface area contributed by atoms with Gasteiger partial charge in [-0.1, -0.05) is 18.2 Å². The van der Waals surface area contributed by atoms with Crippen LogP contribution in [0.15, 0.2) is 35.1 Å². The molecule has 1 heterocycles. The van der Waals surface area contributed by atoms with Gasteiger partial charge in [0.25, 0.3) is 0 Å². The van der Waals surface area contributed by atoms with E-state index >= 15 is 0 Å². The van der Waals surface area contributed by atoms with Crippen LogP contribution in [0.3, 0.4) is 0 Å². The third kappa shape index (κ3) is 3.47. The predicted molar refractivity (Wildman–Crippen MR) is 66.9 cm³/mol. The highest BCUT2D eigenvalue weighted by Crippen LogP contribution is 2.27. The summed E-state index contributed by atoms with van der Waals surface area (Å²) in [5, 5.41) is 9.25. The number of aromatic nitrogens is 2. The molecule has 0 fully saturated rings. The van der Waals surface area contributed by atoms with Crippen LogP contribution in [0.4, 0.5) is 13.2 Å². The van der Waals surface area contributed by atoms with Crippen molar-refractivity contribution in [3.05, 3.63) is 57.8 Å². The van der Waals surface area contributed by atoms with Crippen LogP contribution in [0.5, 0.6) is 5.75 Å². The van der Waals surface area contributed by atoms with Crippen LogP contribution in [-0.4, -0.2) is 15.1 Å². The van der Waals surface area contributed by atoms with Gasteiger partial charge in [0, 0.05) is 0 Å². The molecule has 2 rings (SSSR count). The number of rotatable bonds is 2. The van der Waals surface area contributed by atoms with Gasteiger partial charge < -0.3 is 10.1 Å². The van der Waals surface area contributed by atoms with Crippen molar-refractivity contribution in [3.63, 3.8) is 0 Å². The summed E-state index contributed by atoms with van der Waals surface area (Å²) in [6.07, 6.45) is -1.93. The number of H-pyrrole nitrogens is 1. The summed E-state index contributed by atoms with van der Waals surface area (Å²) in [5.41, 5.74) is -1.78. The first-order valence-corrected chi connectivity index (χ1v) is 5.50. The van der Waals surface area contributed by atoms with Crippen LogP contribution in [0.25, 0.3) is 12.2 Å². The third-order valence-electron chi connectivity index (χ3n) is 2.39. The maximum Gasteiger partial charge on any atom is 0.431 e. The van der Waals surface area contributed by atoms with Gasteiger partial charge in [0.15, 0.2) is 0 Å². The number of nitrogens with one attached hydrogen (secondary N) is 1. The Morgan fingerprint density at radius 2 is 1.95 bits per heavy atom. The van der Waals surface area contributed by atoms with Gasteiger partial charge in [0.2, 0.25) is 0 Å². The van der Waals surface area contributed by atoms with Gasteiger partial charge in [-0.2, -0.15) is 18.2 Å². The summed E-state index contributed by atoms with van der Waals surface area (Å²) in [5.74, 6) is 0.0296. The Bertz CT molecular complexity index is 705. The lowest BCUT2D eigenvalue weighted by atomic mass is 10.2. The molecule has 0 saturated carbocycles. The summed E-state index contributed by atoms with van der Waals surface area (Å²) in [6, 6.07) is 6.86. The number of halogens is 3. The Morgan fingerprint density at radius 3 is 2.60 bits per heavy atom. The molecule has 7 heteroatoms. The fourth-order valence-corrected chi connectivity index (χ4v) is 1.52. The largest absolute Gasteiger partial charge is 0.508 e. The molecular formula is C13H9F3N2O2. The first-order valence-electron chi connectivity index (χ1n) is 5.50. The minimum Gasteiger partial charge on any atom is -0.508 e. The van der Waals surface area contributed by atoms with Crippen molar-refractivity contribution in [1.82, 2.24) is 9.97 Å². The van der Waals surface area contributed by atoms with E-state index in [2.05, 4.69) is 4.98 Å². The van der Waals surface area contributed by atoms with Crippen LogP contribution < -0.4 is 5.69 Å². The van der Waals surface area contributed by atoms with E-state index in [9.17, 15) is 23.1 Å². The molecule has 104 valence electrons. The smallest absolute Gasteiger partial charge is 0.431 e. The zero-order valence-corrected chi connectivity index (χ0v) is 9.98. The van der Waals surface area contributed by atoms with Gasteiger partial charge >= 0.3 is 11.9 Å². The molecule has 1 aromatic carbocycles. The highest BCUT2D eigenvalue weighted by atomic mass is 19.4. The summed E-state index contributed by atoms with van der Waals surface area (Å²) < 4.78 is 37.5. The van der Waals surface area contributed by atoms with E-state index in [1.807, 2.05) is 0 Å². The van der Waals surface area contributed by atoms with E-state index in [0.717, 1.165) is 6.07 Å². The molecule has 2 N–H and O–H groups in total. The molecule has 0 spiro atoms. The molecule has 1 aromatic heterocycles. The van der Waals surface area contributed by atoms with E-state index in [-0.39, 0.29) is 11.4 Å². The third-order valence-corrected chi connectivity index (χ3v) is 2.39. The molecule has 0 aliphatic rings. The van der Waals surface area contributed by atoms with Crippen molar-refractivity contribution in [2.75, 3.05) is 0 Å². The minimum absolute atomic E-state index is 0.0296.